The third-order valence-electron chi connectivity index (χ3n) is 3.00. The summed E-state index contributed by atoms with van der Waals surface area (Å²) < 4.78 is 1.68. The van der Waals surface area contributed by atoms with Crippen molar-refractivity contribution < 1.29 is 14.4 Å². The molecule has 1 unspecified atom stereocenters. The Morgan fingerprint density at radius 1 is 1.47 bits per heavy atom. The molecule has 1 aromatic heterocycles. The first-order valence-corrected chi connectivity index (χ1v) is 5.49. The van der Waals surface area contributed by atoms with E-state index < -0.39 is 0 Å². The van der Waals surface area contributed by atoms with Crippen LogP contribution in [0.5, 0.6) is 0 Å². The topological polar surface area (TPSA) is 59.4 Å². The van der Waals surface area contributed by atoms with Gasteiger partial charge in [-0.3, -0.25) is 19.3 Å². The normalized spacial score (nSPS) is 20.1. The molecule has 0 bridgehead atoms. The number of hydrogen-bond donors (Lipinski definition) is 0. The van der Waals surface area contributed by atoms with Crippen LogP contribution in [0.3, 0.4) is 0 Å². The zero-order chi connectivity index (χ0) is 12.6. The second-order valence-electron chi connectivity index (χ2n) is 4.35. The Labute approximate surface area is 99.0 Å². The zero-order valence-corrected chi connectivity index (χ0v) is 9.84. The summed E-state index contributed by atoms with van der Waals surface area (Å²) in [6.45, 7) is 1.55. The molecule has 0 N–H and O–H groups in total. The number of amides is 2. The van der Waals surface area contributed by atoms with Gasteiger partial charge in [0.2, 0.25) is 11.8 Å². The molecule has 1 fully saturated rings. The number of aryl methyl sites for hydroxylation is 1. The highest BCUT2D eigenvalue weighted by Crippen LogP contribution is 2.19. The van der Waals surface area contributed by atoms with E-state index in [1.165, 1.54) is 0 Å². The lowest BCUT2D eigenvalue weighted by Gasteiger charge is -2.13. The van der Waals surface area contributed by atoms with Crippen LogP contribution in [0.4, 0.5) is 0 Å². The predicted molar refractivity (Wildman–Crippen MR) is 60.2 cm³/mol. The molecule has 90 valence electrons. The third kappa shape index (κ3) is 2.00. The van der Waals surface area contributed by atoms with E-state index in [-0.39, 0.29) is 36.5 Å². The van der Waals surface area contributed by atoms with E-state index >= 15 is 0 Å². The van der Waals surface area contributed by atoms with Crippen molar-refractivity contribution in [2.45, 2.75) is 13.3 Å². The highest BCUT2D eigenvalue weighted by Gasteiger charge is 2.36. The van der Waals surface area contributed by atoms with Crippen LogP contribution in [0.2, 0.25) is 0 Å². The molecular weight excluding hydrogens is 220 g/mol. The number of ketones is 1. The van der Waals surface area contributed by atoms with Gasteiger partial charge in [0.05, 0.1) is 12.2 Å². The summed E-state index contributed by atoms with van der Waals surface area (Å²) in [5.41, 5.74) is 0.505. The van der Waals surface area contributed by atoms with Crippen LogP contribution >= 0.6 is 0 Å². The number of Topliss-reactive ketones (excluding diaryl/α,β-unsaturated/α-hetero) is 1. The minimum atomic E-state index is -0.302. The van der Waals surface area contributed by atoms with E-state index in [0.29, 0.717) is 5.69 Å². The van der Waals surface area contributed by atoms with Crippen molar-refractivity contribution in [1.82, 2.24) is 9.47 Å². The largest absolute Gasteiger partial charge is 0.348 e. The zero-order valence-electron chi connectivity index (χ0n) is 9.84. The van der Waals surface area contributed by atoms with Crippen molar-refractivity contribution in [2.24, 2.45) is 13.0 Å². The Morgan fingerprint density at radius 2 is 2.18 bits per heavy atom. The molecule has 5 heteroatoms. The Balaban J connectivity index is 2.12. The summed E-state index contributed by atoms with van der Waals surface area (Å²) in [6, 6.07) is 3.43. The molecule has 0 saturated carbocycles. The second kappa shape index (κ2) is 4.16. The quantitative estimate of drug-likeness (QED) is 0.568. The van der Waals surface area contributed by atoms with Crippen LogP contribution in [0.25, 0.3) is 0 Å². The highest BCUT2D eigenvalue weighted by atomic mass is 16.2. The Morgan fingerprint density at radius 3 is 2.65 bits per heavy atom. The van der Waals surface area contributed by atoms with Crippen molar-refractivity contribution in [3.8, 4) is 0 Å². The van der Waals surface area contributed by atoms with E-state index in [2.05, 4.69) is 0 Å². The van der Waals surface area contributed by atoms with E-state index in [9.17, 15) is 14.4 Å². The first kappa shape index (κ1) is 11.6. The minimum Gasteiger partial charge on any atom is -0.348 e. The van der Waals surface area contributed by atoms with Crippen molar-refractivity contribution in [3.63, 3.8) is 0 Å². The lowest BCUT2D eigenvalue weighted by Crippen LogP contribution is -2.35. The molecule has 17 heavy (non-hydrogen) atoms. The SMILES string of the molecule is CC1CC(=O)N(CC(=O)c2cccn2C)C1=O. The van der Waals surface area contributed by atoms with E-state index in [0.717, 1.165) is 4.90 Å². The first-order valence-electron chi connectivity index (χ1n) is 5.49. The fraction of sp³-hybridized carbons (Fsp3) is 0.417. The number of aromatic nitrogens is 1. The molecule has 0 aromatic carbocycles. The number of nitrogens with zero attached hydrogens (tertiary/aromatic N) is 2. The molecule has 1 saturated heterocycles. The van der Waals surface area contributed by atoms with Crippen LogP contribution in [0.15, 0.2) is 18.3 Å². The van der Waals surface area contributed by atoms with Gasteiger partial charge in [0.15, 0.2) is 5.78 Å². The maximum Gasteiger partial charge on any atom is 0.232 e. The van der Waals surface area contributed by atoms with Crippen LogP contribution in [0.1, 0.15) is 23.8 Å². The van der Waals surface area contributed by atoms with Gasteiger partial charge in [-0.05, 0) is 12.1 Å². The van der Waals surface area contributed by atoms with Gasteiger partial charge in [-0.2, -0.15) is 0 Å². The monoisotopic (exact) mass is 234 g/mol. The van der Waals surface area contributed by atoms with Crippen LogP contribution in [-0.2, 0) is 16.6 Å². The van der Waals surface area contributed by atoms with E-state index in [1.807, 2.05) is 0 Å². The summed E-state index contributed by atoms with van der Waals surface area (Å²) in [7, 11) is 1.75. The molecule has 1 atom stereocenters. The molecule has 0 radical (unpaired) electrons. The van der Waals surface area contributed by atoms with Crippen LogP contribution < -0.4 is 0 Å². The molecule has 2 amide bonds. The number of carbonyl (C=O) groups is 3. The van der Waals surface area contributed by atoms with Gasteiger partial charge in [0.25, 0.3) is 0 Å². The standard InChI is InChI=1S/C12H14N2O3/c1-8-6-11(16)14(12(8)17)7-10(15)9-4-3-5-13(9)2/h3-5,8H,6-7H2,1-2H3. The second-order valence-corrected chi connectivity index (χ2v) is 4.35. The lowest BCUT2D eigenvalue weighted by molar-refractivity contribution is -0.138. The highest BCUT2D eigenvalue weighted by molar-refractivity contribution is 6.08. The van der Waals surface area contributed by atoms with Crippen LogP contribution in [0, 0.1) is 5.92 Å². The average molecular weight is 234 g/mol. The van der Waals surface area contributed by atoms with Crippen molar-refractivity contribution in [1.29, 1.82) is 0 Å². The first-order chi connectivity index (χ1) is 8.00. The van der Waals surface area contributed by atoms with Crippen molar-refractivity contribution >= 4 is 17.6 Å². The molecular formula is C12H14N2O3. The Bertz CT molecular complexity index is 490. The summed E-state index contributed by atoms with van der Waals surface area (Å²) in [5, 5.41) is 0. The summed E-state index contributed by atoms with van der Waals surface area (Å²) in [4.78, 5) is 36.2. The van der Waals surface area contributed by atoms with Gasteiger partial charge in [-0.15, -0.1) is 0 Å². The molecule has 1 aliphatic rings. The summed E-state index contributed by atoms with van der Waals surface area (Å²) in [6.07, 6.45) is 1.96. The lowest BCUT2D eigenvalue weighted by atomic mass is 10.1. The van der Waals surface area contributed by atoms with E-state index in [1.54, 1.807) is 36.9 Å². The predicted octanol–water partition coefficient (Wildman–Crippen LogP) is 0.603. The molecule has 1 aromatic rings. The van der Waals surface area contributed by atoms with Gasteiger partial charge >= 0.3 is 0 Å². The molecule has 2 rings (SSSR count). The summed E-state index contributed by atoms with van der Waals surface area (Å²) >= 11 is 0. The van der Waals surface area contributed by atoms with Gasteiger partial charge in [-0.1, -0.05) is 6.92 Å². The fourth-order valence-electron chi connectivity index (χ4n) is 1.99. The number of rotatable bonds is 3. The molecule has 1 aliphatic heterocycles. The van der Waals surface area contributed by atoms with Gasteiger partial charge < -0.3 is 4.57 Å². The fourth-order valence-corrected chi connectivity index (χ4v) is 1.99. The van der Waals surface area contributed by atoms with Crippen molar-refractivity contribution in [3.05, 3.63) is 24.0 Å². The average Bonchev–Trinajstić information content (AvgIpc) is 2.78. The number of likely N-dealkylation sites (tertiary alicyclic amines) is 1. The number of hydrogen-bond acceptors (Lipinski definition) is 3. The smallest absolute Gasteiger partial charge is 0.232 e. The minimum absolute atomic E-state index is 0.153. The Kier molecular flexibility index (Phi) is 2.83. The molecule has 0 aliphatic carbocycles. The maximum atomic E-state index is 11.9. The summed E-state index contributed by atoms with van der Waals surface area (Å²) in [5.74, 6) is -1.03. The van der Waals surface area contributed by atoms with E-state index in [4.69, 9.17) is 0 Å². The molecule has 2 heterocycles. The van der Waals surface area contributed by atoms with Crippen LogP contribution in [-0.4, -0.2) is 33.6 Å². The van der Waals surface area contributed by atoms with Gasteiger partial charge in [0, 0.05) is 25.6 Å². The third-order valence-corrected chi connectivity index (χ3v) is 3.00. The number of imide groups is 1. The number of carbonyl (C=O) groups excluding carboxylic acids is 3. The van der Waals surface area contributed by atoms with Gasteiger partial charge in [0.1, 0.15) is 0 Å². The molecule has 5 nitrogen and oxygen atoms in total. The maximum absolute atomic E-state index is 11.9. The Hall–Kier alpha value is -1.91. The van der Waals surface area contributed by atoms with Crippen molar-refractivity contribution in [2.75, 3.05) is 6.54 Å². The van der Waals surface area contributed by atoms with Gasteiger partial charge in [-0.25, -0.2) is 0 Å². The molecule has 0 spiro atoms.